The lowest BCUT2D eigenvalue weighted by molar-refractivity contribution is -0.384. The van der Waals surface area contributed by atoms with E-state index in [1.54, 1.807) is 24.3 Å². The zero-order chi connectivity index (χ0) is 17.5. The molecule has 8 heteroatoms. The van der Waals surface area contributed by atoms with Crippen LogP contribution in [0.1, 0.15) is 11.1 Å². The lowest BCUT2D eigenvalue weighted by Gasteiger charge is -2.09. The summed E-state index contributed by atoms with van der Waals surface area (Å²) in [6.45, 7) is 1.87. The minimum Gasteiger partial charge on any atom is -0.376 e. The normalized spacial score (nSPS) is 10.6. The Morgan fingerprint density at radius 1 is 1.33 bits per heavy atom. The van der Waals surface area contributed by atoms with Crippen LogP contribution in [0.15, 0.2) is 47.6 Å². The molecule has 0 fully saturated rings. The van der Waals surface area contributed by atoms with E-state index < -0.39 is 4.92 Å². The average Bonchev–Trinajstić information content (AvgIpc) is 2.56. The molecule has 0 radical (unpaired) electrons. The number of amides is 1. The molecule has 0 unspecified atom stereocenters. The van der Waals surface area contributed by atoms with Crippen LogP contribution in [0.4, 0.5) is 11.4 Å². The average molecular weight is 347 g/mol. The molecule has 2 rings (SSSR count). The highest BCUT2D eigenvalue weighted by molar-refractivity contribution is 6.31. The van der Waals surface area contributed by atoms with Crippen LogP contribution in [-0.4, -0.2) is 23.6 Å². The van der Waals surface area contributed by atoms with Gasteiger partial charge < -0.3 is 5.32 Å². The second kappa shape index (κ2) is 8.07. The highest BCUT2D eigenvalue weighted by atomic mass is 35.5. The fourth-order valence-electron chi connectivity index (χ4n) is 1.91. The largest absolute Gasteiger partial charge is 0.376 e. The molecule has 7 nitrogen and oxygen atoms in total. The third kappa shape index (κ3) is 4.79. The topological polar surface area (TPSA) is 96.6 Å². The highest BCUT2D eigenvalue weighted by Gasteiger charge is 2.05. The Morgan fingerprint density at radius 3 is 2.83 bits per heavy atom. The number of benzene rings is 2. The van der Waals surface area contributed by atoms with Crippen LogP contribution < -0.4 is 10.7 Å². The van der Waals surface area contributed by atoms with Crippen molar-refractivity contribution < 1.29 is 9.72 Å². The molecule has 0 heterocycles. The van der Waals surface area contributed by atoms with Gasteiger partial charge in [0.15, 0.2) is 0 Å². The van der Waals surface area contributed by atoms with Gasteiger partial charge >= 0.3 is 0 Å². The fraction of sp³-hybridized carbons (Fsp3) is 0.125. The van der Waals surface area contributed by atoms with Crippen molar-refractivity contribution >= 4 is 35.1 Å². The van der Waals surface area contributed by atoms with E-state index in [1.165, 1.54) is 18.3 Å². The number of hydrazone groups is 1. The molecule has 2 aromatic carbocycles. The number of carbonyl (C=O) groups is 1. The molecule has 124 valence electrons. The van der Waals surface area contributed by atoms with E-state index in [1.807, 2.05) is 13.0 Å². The molecule has 0 aliphatic rings. The summed E-state index contributed by atoms with van der Waals surface area (Å²) < 4.78 is 0. The standard InChI is InChI=1S/C16H15ClN4O3/c1-11-14(17)6-3-7-15(11)18-10-16(22)20-19-9-12-4-2-5-13(8-12)21(23)24/h2-9,18H,10H2,1H3,(H,20,22)/b19-9+. The highest BCUT2D eigenvalue weighted by Crippen LogP contribution is 2.22. The minimum atomic E-state index is -0.493. The molecule has 0 spiro atoms. The Hall–Kier alpha value is -2.93. The quantitative estimate of drug-likeness (QED) is 0.477. The predicted molar refractivity (Wildman–Crippen MR) is 93.5 cm³/mol. The van der Waals surface area contributed by atoms with Gasteiger partial charge in [0.2, 0.25) is 0 Å². The van der Waals surface area contributed by atoms with E-state index in [0.29, 0.717) is 10.6 Å². The number of rotatable bonds is 6. The molecule has 0 aliphatic heterocycles. The molecule has 0 aliphatic carbocycles. The smallest absolute Gasteiger partial charge is 0.270 e. The van der Waals surface area contributed by atoms with Gasteiger partial charge in [0.1, 0.15) is 0 Å². The lowest BCUT2D eigenvalue weighted by Crippen LogP contribution is -2.26. The molecule has 2 aromatic rings. The number of anilines is 1. The fourth-order valence-corrected chi connectivity index (χ4v) is 2.09. The summed E-state index contributed by atoms with van der Waals surface area (Å²) >= 11 is 6.00. The van der Waals surface area contributed by atoms with Gasteiger partial charge in [-0.25, -0.2) is 5.43 Å². The van der Waals surface area contributed by atoms with Gasteiger partial charge in [-0.1, -0.05) is 29.8 Å². The molecule has 0 atom stereocenters. The Kier molecular flexibility index (Phi) is 5.86. The van der Waals surface area contributed by atoms with Crippen LogP contribution in [0, 0.1) is 17.0 Å². The number of hydrogen-bond acceptors (Lipinski definition) is 5. The summed E-state index contributed by atoms with van der Waals surface area (Å²) in [7, 11) is 0. The second-order valence-electron chi connectivity index (χ2n) is 4.91. The maximum Gasteiger partial charge on any atom is 0.270 e. The van der Waals surface area contributed by atoms with Crippen LogP contribution in [0.3, 0.4) is 0 Å². The number of nitro benzene ring substituents is 1. The molecule has 24 heavy (non-hydrogen) atoms. The van der Waals surface area contributed by atoms with Crippen molar-refractivity contribution in [1.29, 1.82) is 0 Å². The summed E-state index contributed by atoms with van der Waals surface area (Å²) in [6.07, 6.45) is 1.34. The van der Waals surface area contributed by atoms with E-state index in [9.17, 15) is 14.9 Å². The maximum absolute atomic E-state index is 11.7. The van der Waals surface area contributed by atoms with Gasteiger partial charge in [-0.2, -0.15) is 5.10 Å². The van der Waals surface area contributed by atoms with E-state index in [4.69, 9.17) is 11.6 Å². The van der Waals surface area contributed by atoms with Crippen molar-refractivity contribution in [3.8, 4) is 0 Å². The van der Waals surface area contributed by atoms with Crippen LogP contribution in [0.2, 0.25) is 5.02 Å². The molecular formula is C16H15ClN4O3. The third-order valence-corrected chi connectivity index (χ3v) is 3.60. The minimum absolute atomic E-state index is 0.0213. The maximum atomic E-state index is 11.7. The number of nitrogens with one attached hydrogen (secondary N) is 2. The van der Waals surface area contributed by atoms with Crippen molar-refractivity contribution in [2.45, 2.75) is 6.92 Å². The summed E-state index contributed by atoms with van der Waals surface area (Å²) in [4.78, 5) is 21.9. The van der Waals surface area contributed by atoms with Crippen LogP contribution >= 0.6 is 11.6 Å². The van der Waals surface area contributed by atoms with Crippen molar-refractivity contribution in [2.24, 2.45) is 5.10 Å². The van der Waals surface area contributed by atoms with Gasteiger partial charge in [-0.15, -0.1) is 0 Å². The van der Waals surface area contributed by atoms with Gasteiger partial charge in [-0.05, 0) is 24.6 Å². The number of halogens is 1. The van der Waals surface area contributed by atoms with Crippen LogP contribution in [0.25, 0.3) is 0 Å². The van der Waals surface area contributed by atoms with Crippen LogP contribution in [0.5, 0.6) is 0 Å². The predicted octanol–water partition coefficient (Wildman–Crippen LogP) is 3.12. The van der Waals surface area contributed by atoms with E-state index in [2.05, 4.69) is 15.8 Å². The SMILES string of the molecule is Cc1c(Cl)cccc1NCC(=O)N/N=C/c1cccc([N+](=O)[O-])c1. The molecule has 0 saturated heterocycles. The number of carbonyl (C=O) groups excluding carboxylic acids is 1. The van der Waals surface area contributed by atoms with Gasteiger partial charge in [0.25, 0.3) is 11.6 Å². The van der Waals surface area contributed by atoms with Crippen molar-refractivity contribution in [1.82, 2.24) is 5.43 Å². The first-order chi connectivity index (χ1) is 11.5. The Morgan fingerprint density at radius 2 is 2.08 bits per heavy atom. The number of nitrogens with zero attached hydrogens (tertiary/aromatic N) is 2. The summed E-state index contributed by atoms with van der Waals surface area (Å²) in [5.74, 6) is -0.351. The number of hydrogen-bond donors (Lipinski definition) is 2. The monoisotopic (exact) mass is 346 g/mol. The number of nitro groups is 1. The molecular weight excluding hydrogens is 332 g/mol. The Labute approximate surface area is 143 Å². The lowest BCUT2D eigenvalue weighted by atomic mass is 10.2. The molecule has 0 bridgehead atoms. The first-order valence-electron chi connectivity index (χ1n) is 7.02. The van der Waals surface area contributed by atoms with Crippen molar-refractivity contribution in [2.75, 3.05) is 11.9 Å². The summed E-state index contributed by atoms with van der Waals surface area (Å²) in [5, 5.41) is 18.0. The first-order valence-corrected chi connectivity index (χ1v) is 7.40. The summed E-state index contributed by atoms with van der Waals surface area (Å²) in [5.41, 5.74) is 4.45. The third-order valence-electron chi connectivity index (χ3n) is 3.19. The van der Waals surface area contributed by atoms with Gasteiger partial charge in [0, 0.05) is 28.4 Å². The zero-order valence-electron chi connectivity index (χ0n) is 12.8. The Bertz CT molecular complexity index is 793. The number of non-ortho nitro benzene ring substituents is 1. The molecule has 0 aromatic heterocycles. The second-order valence-corrected chi connectivity index (χ2v) is 5.32. The molecule has 0 saturated carbocycles. The van der Waals surface area contributed by atoms with Gasteiger partial charge in [-0.3, -0.25) is 14.9 Å². The Balaban J connectivity index is 1.88. The van der Waals surface area contributed by atoms with E-state index in [0.717, 1.165) is 11.3 Å². The first kappa shape index (κ1) is 17.4. The van der Waals surface area contributed by atoms with Gasteiger partial charge in [0.05, 0.1) is 17.7 Å². The zero-order valence-corrected chi connectivity index (χ0v) is 13.6. The van der Waals surface area contributed by atoms with Crippen molar-refractivity contribution in [3.05, 3.63) is 68.7 Å². The van der Waals surface area contributed by atoms with Crippen LogP contribution in [-0.2, 0) is 4.79 Å². The molecule has 2 N–H and O–H groups in total. The summed E-state index contributed by atoms with van der Waals surface area (Å²) in [6, 6.07) is 11.3. The van der Waals surface area contributed by atoms with E-state index >= 15 is 0 Å². The van der Waals surface area contributed by atoms with Crippen molar-refractivity contribution in [3.63, 3.8) is 0 Å². The van der Waals surface area contributed by atoms with E-state index in [-0.39, 0.29) is 18.1 Å². The molecule has 1 amide bonds.